The number of benzene rings is 2. The molecule has 0 saturated heterocycles. The van der Waals surface area contributed by atoms with Crippen LogP contribution in [0.15, 0.2) is 36.4 Å². The Kier molecular flexibility index (Phi) is 6.37. The van der Waals surface area contributed by atoms with E-state index in [-0.39, 0.29) is 22.0 Å². The Morgan fingerprint density at radius 1 is 1.23 bits per heavy atom. The Balaban J connectivity index is 2.06. The van der Waals surface area contributed by atoms with Gasteiger partial charge in [-0.3, -0.25) is 10.1 Å². The molecule has 0 bridgehead atoms. The third kappa shape index (κ3) is 4.84. The minimum absolute atomic E-state index is 0.0398. The van der Waals surface area contributed by atoms with E-state index in [2.05, 4.69) is 10.6 Å². The second kappa shape index (κ2) is 8.50. The molecule has 9 heteroatoms. The molecule has 0 aliphatic rings. The molecule has 0 atom stereocenters. The van der Waals surface area contributed by atoms with Crippen LogP contribution in [0.4, 0.5) is 5.69 Å². The molecule has 0 heterocycles. The number of nitrogens with one attached hydrogen (secondary N) is 2. The number of halogens is 1. The highest BCUT2D eigenvalue weighted by Gasteiger charge is 2.13. The van der Waals surface area contributed by atoms with Gasteiger partial charge in [0.1, 0.15) is 17.1 Å². The normalized spacial score (nSPS) is 10.1. The zero-order valence-electron chi connectivity index (χ0n) is 13.6. The van der Waals surface area contributed by atoms with Gasteiger partial charge >= 0.3 is 5.97 Å². The number of anilines is 1. The lowest BCUT2D eigenvalue weighted by Gasteiger charge is -2.11. The Hall–Kier alpha value is -2.84. The minimum Gasteiger partial charge on any atom is -0.507 e. The van der Waals surface area contributed by atoms with E-state index in [0.717, 1.165) is 0 Å². The van der Waals surface area contributed by atoms with Crippen molar-refractivity contribution in [3.8, 4) is 11.5 Å². The molecule has 2 rings (SSSR count). The summed E-state index contributed by atoms with van der Waals surface area (Å²) in [6, 6.07) is 8.40. The zero-order chi connectivity index (χ0) is 19.3. The van der Waals surface area contributed by atoms with Gasteiger partial charge < -0.3 is 20.3 Å². The second-order valence-corrected chi connectivity index (χ2v) is 5.84. The van der Waals surface area contributed by atoms with Gasteiger partial charge in [-0.05, 0) is 55.5 Å². The summed E-state index contributed by atoms with van der Waals surface area (Å²) in [7, 11) is 0. The predicted octanol–water partition coefficient (Wildman–Crippen LogP) is 3.27. The van der Waals surface area contributed by atoms with E-state index >= 15 is 0 Å². The maximum atomic E-state index is 12.2. The quantitative estimate of drug-likeness (QED) is 0.455. The molecular formula is C17H15ClN2O5S. The first-order valence-electron chi connectivity index (χ1n) is 7.42. The standard InChI is InChI=1S/C17H15ClN2O5S/c1-2-25-14-6-3-9(7-12(14)18)15(22)20-17(26)19-10-4-5-13(21)11(8-10)16(23)24/h3-8,21H,2H2,1H3,(H,23,24)(H2,19,20,22,26). The number of carboxylic acids is 1. The molecule has 2 aromatic carbocycles. The van der Waals surface area contributed by atoms with E-state index in [1.807, 2.05) is 6.92 Å². The molecular weight excluding hydrogens is 380 g/mol. The minimum atomic E-state index is -1.29. The van der Waals surface area contributed by atoms with Crippen molar-refractivity contribution >= 4 is 46.5 Å². The fourth-order valence-corrected chi connectivity index (χ4v) is 2.48. The Labute approximate surface area is 159 Å². The first-order valence-corrected chi connectivity index (χ1v) is 8.21. The largest absolute Gasteiger partial charge is 0.507 e. The molecule has 1 amide bonds. The van der Waals surface area contributed by atoms with Crippen LogP contribution in [0.1, 0.15) is 27.6 Å². The number of ether oxygens (including phenoxy) is 1. The highest BCUT2D eigenvalue weighted by molar-refractivity contribution is 7.80. The molecule has 0 aliphatic carbocycles. The van der Waals surface area contributed by atoms with Crippen LogP contribution in [0.2, 0.25) is 5.02 Å². The summed E-state index contributed by atoms with van der Waals surface area (Å²) in [5, 5.41) is 23.9. The number of hydrogen-bond acceptors (Lipinski definition) is 5. The molecule has 4 N–H and O–H groups in total. The Morgan fingerprint density at radius 2 is 1.96 bits per heavy atom. The third-order valence-corrected chi connectivity index (χ3v) is 3.71. The van der Waals surface area contributed by atoms with Gasteiger partial charge in [-0.2, -0.15) is 0 Å². The van der Waals surface area contributed by atoms with E-state index in [9.17, 15) is 14.7 Å². The average Bonchev–Trinajstić information content (AvgIpc) is 2.58. The van der Waals surface area contributed by atoms with E-state index in [4.69, 9.17) is 33.7 Å². The summed E-state index contributed by atoms with van der Waals surface area (Å²) >= 11 is 11.1. The summed E-state index contributed by atoms with van der Waals surface area (Å²) in [5.74, 6) is -1.69. The number of phenols is 1. The lowest BCUT2D eigenvalue weighted by atomic mass is 10.2. The number of amides is 1. The van der Waals surface area contributed by atoms with Crippen LogP contribution in [0.3, 0.4) is 0 Å². The summed E-state index contributed by atoms with van der Waals surface area (Å²) in [4.78, 5) is 23.2. The first-order chi connectivity index (χ1) is 12.3. The predicted molar refractivity (Wildman–Crippen MR) is 101 cm³/mol. The van der Waals surface area contributed by atoms with Crippen molar-refractivity contribution in [2.24, 2.45) is 0 Å². The van der Waals surface area contributed by atoms with Crippen LogP contribution in [-0.4, -0.2) is 33.8 Å². The Bertz CT molecular complexity index is 872. The van der Waals surface area contributed by atoms with Crippen molar-refractivity contribution in [1.82, 2.24) is 5.32 Å². The molecule has 26 heavy (non-hydrogen) atoms. The number of carboxylic acid groups (broad SMARTS) is 1. The molecule has 0 radical (unpaired) electrons. The molecule has 0 aliphatic heterocycles. The number of rotatable bonds is 5. The number of aromatic hydroxyl groups is 1. The van der Waals surface area contributed by atoms with Gasteiger partial charge in [-0.15, -0.1) is 0 Å². The zero-order valence-corrected chi connectivity index (χ0v) is 15.1. The number of hydrogen-bond donors (Lipinski definition) is 4. The molecule has 0 spiro atoms. The van der Waals surface area contributed by atoms with E-state index < -0.39 is 11.9 Å². The van der Waals surface area contributed by atoms with Crippen LogP contribution in [-0.2, 0) is 0 Å². The molecule has 0 fully saturated rings. The molecule has 7 nitrogen and oxygen atoms in total. The molecule has 2 aromatic rings. The first kappa shape index (κ1) is 19.5. The lowest BCUT2D eigenvalue weighted by molar-refractivity contribution is 0.0693. The van der Waals surface area contributed by atoms with Gasteiger partial charge in [0, 0.05) is 11.3 Å². The number of thiocarbonyl (C=S) groups is 1. The molecule has 136 valence electrons. The van der Waals surface area contributed by atoms with Crippen LogP contribution >= 0.6 is 23.8 Å². The highest BCUT2D eigenvalue weighted by atomic mass is 35.5. The van der Waals surface area contributed by atoms with Crippen molar-refractivity contribution in [3.05, 3.63) is 52.5 Å². The average molecular weight is 395 g/mol. The van der Waals surface area contributed by atoms with Crippen molar-refractivity contribution in [1.29, 1.82) is 0 Å². The fraction of sp³-hybridized carbons (Fsp3) is 0.118. The Morgan fingerprint density at radius 3 is 2.58 bits per heavy atom. The van der Waals surface area contributed by atoms with Gasteiger partial charge in [0.25, 0.3) is 5.91 Å². The van der Waals surface area contributed by atoms with Gasteiger partial charge in [0.05, 0.1) is 11.6 Å². The number of carbonyl (C=O) groups excluding carboxylic acids is 1. The third-order valence-electron chi connectivity index (χ3n) is 3.21. The smallest absolute Gasteiger partial charge is 0.339 e. The van der Waals surface area contributed by atoms with E-state index in [0.29, 0.717) is 23.1 Å². The van der Waals surface area contributed by atoms with Crippen LogP contribution in [0, 0.1) is 0 Å². The van der Waals surface area contributed by atoms with E-state index in [1.54, 1.807) is 6.07 Å². The highest BCUT2D eigenvalue weighted by Crippen LogP contribution is 2.25. The van der Waals surface area contributed by atoms with Crippen molar-refractivity contribution in [2.45, 2.75) is 6.92 Å². The second-order valence-electron chi connectivity index (χ2n) is 5.02. The maximum Gasteiger partial charge on any atom is 0.339 e. The number of carbonyl (C=O) groups is 2. The summed E-state index contributed by atoms with van der Waals surface area (Å²) in [6.45, 7) is 2.27. The summed E-state index contributed by atoms with van der Waals surface area (Å²) < 4.78 is 5.30. The van der Waals surface area contributed by atoms with Gasteiger partial charge in [0.2, 0.25) is 0 Å². The molecule has 0 unspecified atom stereocenters. The number of aromatic carboxylic acids is 1. The molecule has 0 aromatic heterocycles. The summed E-state index contributed by atoms with van der Waals surface area (Å²) in [5.41, 5.74) is 0.289. The summed E-state index contributed by atoms with van der Waals surface area (Å²) in [6.07, 6.45) is 0. The van der Waals surface area contributed by atoms with Crippen LogP contribution in [0.5, 0.6) is 11.5 Å². The van der Waals surface area contributed by atoms with Crippen molar-refractivity contribution in [2.75, 3.05) is 11.9 Å². The van der Waals surface area contributed by atoms with Gasteiger partial charge in [-0.1, -0.05) is 11.6 Å². The van der Waals surface area contributed by atoms with Crippen molar-refractivity contribution in [3.63, 3.8) is 0 Å². The fourth-order valence-electron chi connectivity index (χ4n) is 2.04. The van der Waals surface area contributed by atoms with Crippen LogP contribution in [0.25, 0.3) is 0 Å². The van der Waals surface area contributed by atoms with Crippen molar-refractivity contribution < 1.29 is 24.5 Å². The van der Waals surface area contributed by atoms with Gasteiger partial charge in [0.15, 0.2) is 5.11 Å². The van der Waals surface area contributed by atoms with Gasteiger partial charge in [-0.25, -0.2) is 4.79 Å². The SMILES string of the molecule is CCOc1ccc(C(=O)NC(=S)Nc2ccc(O)c(C(=O)O)c2)cc1Cl. The van der Waals surface area contributed by atoms with E-state index in [1.165, 1.54) is 30.3 Å². The van der Waals surface area contributed by atoms with Crippen LogP contribution < -0.4 is 15.4 Å². The molecule has 0 saturated carbocycles. The maximum absolute atomic E-state index is 12.2. The lowest BCUT2D eigenvalue weighted by Crippen LogP contribution is -2.34. The topological polar surface area (TPSA) is 108 Å². The monoisotopic (exact) mass is 394 g/mol.